The topological polar surface area (TPSA) is 76.5 Å². The number of fused-ring (bicyclic) bond motifs is 4. The van der Waals surface area contributed by atoms with Crippen molar-refractivity contribution in [3.8, 4) is 6.07 Å². The summed E-state index contributed by atoms with van der Waals surface area (Å²) in [6.07, 6.45) is 1.99. The van der Waals surface area contributed by atoms with Gasteiger partial charge in [-0.05, 0) is 54.4 Å². The molecule has 2 fully saturated rings. The highest BCUT2D eigenvalue weighted by atomic mass is 16.5. The van der Waals surface area contributed by atoms with Crippen molar-refractivity contribution in [2.24, 2.45) is 0 Å². The van der Waals surface area contributed by atoms with Crippen LogP contribution in [0.2, 0.25) is 0 Å². The van der Waals surface area contributed by atoms with Gasteiger partial charge >= 0.3 is 0 Å². The van der Waals surface area contributed by atoms with Crippen LogP contribution >= 0.6 is 0 Å². The summed E-state index contributed by atoms with van der Waals surface area (Å²) in [6.45, 7) is 8.65. The van der Waals surface area contributed by atoms with E-state index in [4.69, 9.17) is 4.74 Å². The van der Waals surface area contributed by atoms with Crippen LogP contribution in [0.25, 0.3) is 10.9 Å². The van der Waals surface area contributed by atoms with Gasteiger partial charge in [-0.3, -0.25) is 9.88 Å². The highest BCUT2D eigenvalue weighted by Crippen LogP contribution is 2.41. The SMILES string of the molecule is C[C@@H]1CN(c2ccc(C#N)c3ncccc23)C[C@@H]2c3ccc(NCC4CNCCO4)cc3CN12. The monoisotopic (exact) mass is 454 g/mol. The fourth-order valence-corrected chi connectivity index (χ4v) is 5.74. The van der Waals surface area contributed by atoms with E-state index in [1.54, 1.807) is 6.20 Å². The van der Waals surface area contributed by atoms with Crippen molar-refractivity contribution in [3.05, 3.63) is 65.4 Å². The number of hydrogen-bond donors (Lipinski definition) is 2. The number of morpholine rings is 1. The zero-order valence-electron chi connectivity index (χ0n) is 19.5. The van der Waals surface area contributed by atoms with Gasteiger partial charge in [-0.1, -0.05) is 6.07 Å². The highest BCUT2D eigenvalue weighted by Gasteiger charge is 2.39. The summed E-state index contributed by atoms with van der Waals surface area (Å²) in [5.41, 5.74) is 6.60. The number of rotatable bonds is 4. The van der Waals surface area contributed by atoms with Crippen LogP contribution in [0.1, 0.15) is 29.7 Å². The average molecular weight is 455 g/mol. The van der Waals surface area contributed by atoms with Gasteiger partial charge in [0.25, 0.3) is 0 Å². The van der Waals surface area contributed by atoms with Gasteiger partial charge in [0.05, 0.1) is 29.8 Å². The molecule has 3 aromatic rings. The largest absolute Gasteiger partial charge is 0.382 e. The maximum Gasteiger partial charge on any atom is 0.101 e. The number of pyridine rings is 1. The normalized spacial score (nSPS) is 24.5. The number of nitrogens with zero attached hydrogens (tertiary/aromatic N) is 4. The third-order valence-corrected chi connectivity index (χ3v) is 7.45. The summed E-state index contributed by atoms with van der Waals surface area (Å²) in [5, 5.41) is 17.5. The standard InChI is InChI=1S/C27H30N6O/c1-18-15-32(25-7-4-19(12-28)27-24(25)3-2-8-30-27)17-26-23-6-5-21(11-20(23)16-33(18)26)31-14-22-13-29-9-10-34-22/h2-8,11,18,22,26,29,31H,9-10,13-17H2,1H3/t18-,22?,26-/m1/s1. The number of benzene rings is 2. The molecule has 6 rings (SSSR count). The van der Waals surface area contributed by atoms with Gasteiger partial charge in [-0.2, -0.15) is 5.26 Å². The van der Waals surface area contributed by atoms with E-state index in [9.17, 15) is 5.26 Å². The van der Waals surface area contributed by atoms with Crippen molar-refractivity contribution in [2.75, 3.05) is 49.5 Å². The number of piperazine rings is 1. The van der Waals surface area contributed by atoms with Crippen molar-refractivity contribution >= 4 is 22.3 Å². The predicted octanol–water partition coefficient (Wildman–Crippen LogP) is 3.27. The van der Waals surface area contributed by atoms with E-state index in [1.165, 1.54) is 22.5 Å². The summed E-state index contributed by atoms with van der Waals surface area (Å²) in [5.74, 6) is 0. The van der Waals surface area contributed by atoms with Crippen molar-refractivity contribution in [1.29, 1.82) is 5.26 Å². The zero-order chi connectivity index (χ0) is 23.1. The first-order chi connectivity index (χ1) is 16.7. The van der Waals surface area contributed by atoms with E-state index < -0.39 is 0 Å². The van der Waals surface area contributed by atoms with Crippen LogP contribution in [-0.2, 0) is 11.3 Å². The molecule has 3 atom stereocenters. The number of anilines is 2. The van der Waals surface area contributed by atoms with Crippen LogP contribution < -0.4 is 15.5 Å². The lowest BCUT2D eigenvalue weighted by Crippen LogP contribution is -2.51. The third kappa shape index (κ3) is 3.78. The molecule has 2 N–H and O–H groups in total. The van der Waals surface area contributed by atoms with E-state index >= 15 is 0 Å². The molecule has 3 aliphatic heterocycles. The van der Waals surface area contributed by atoms with Crippen molar-refractivity contribution in [1.82, 2.24) is 15.2 Å². The minimum atomic E-state index is 0.221. The van der Waals surface area contributed by atoms with Crippen LogP contribution in [0, 0.1) is 11.3 Å². The van der Waals surface area contributed by atoms with Gasteiger partial charge in [-0.15, -0.1) is 0 Å². The first-order valence-corrected chi connectivity index (χ1v) is 12.2. The Morgan fingerprint density at radius 3 is 3.03 bits per heavy atom. The lowest BCUT2D eigenvalue weighted by atomic mass is 9.99. The lowest BCUT2D eigenvalue weighted by Gasteiger charge is -2.43. The van der Waals surface area contributed by atoms with Gasteiger partial charge in [0.1, 0.15) is 6.07 Å². The Balaban J connectivity index is 1.24. The summed E-state index contributed by atoms with van der Waals surface area (Å²) in [7, 11) is 0. The minimum absolute atomic E-state index is 0.221. The molecule has 0 aliphatic carbocycles. The van der Waals surface area contributed by atoms with E-state index in [0.29, 0.717) is 17.6 Å². The molecule has 34 heavy (non-hydrogen) atoms. The molecule has 0 spiro atoms. The van der Waals surface area contributed by atoms with E-state index in [1.807, 2.05) is 12.1 Å². The molecule has 2 aromatic carbocycles. The molecule has 1 aromatic heterocycles. The van der Waals surface area contributed by atoms with Crippen LogP contribution in [0.15, 0.2) is 48.7 Å². The number of hydrogen-bond acceptors (Lipinski definition) is 7. The van der Waals surface area contributed by atoms with Crippen LogP contribution in [0.4, 0.5) is 11.4 Å². The van der Waals surface area contributed by atoms with Crippen LogP contribution in [0.3, 0.4) is 0 Å². The molecular weight excluding hydrogens is 424 g/mol. The van der Waals surface area contributed by atoms with E-state index in [2.05, 4.69) is 68.7 Å². The maximum absolute atomic E-state index is 9.52. The second-order valence-electron chi connectivity index (χ2n) is 9.58. The molecule has 7 nitrogen and oxygen atoms in total. The van der Waals surface area contributed by atoms with Gasteiger partial charge in [-0.25, -0.2) is 0 Å². The molecule has 0 radical (unpaired) electrons. The first-order valence-electron chi connectivity index (χ1n) is 12.2. The first kappa shape index (κ1) is 21.4. The molecule has 0 bridgehead atoms. The Bertz CT molecular complexity index is 1250. The molecule has 7 heteroatoms. The molecule has 2 saturated heterocycles. The molecule has 0 saturated carbocycles. The average Bonchev–Trinajstić information content (AvgIpc) is 3.26. The fourth-order valence-electron chi connectivity index (χ4n) is 5.74. The summed E-state index contributed by atoms with van der Waals surface area (Å²) >= 11 is 0. The fraction of sp³-hybridized carbons (Fsp3) is 0.407. The van der Waals surface area contributed by atoms with Gasteiger partial charge in [0, 0.05) is 68.3 Å². The second-order valence-corrected chi connectivity index (χ2v) is 9.58. The van der Waals surface area contributed by atoms with Gasteiger partial charge in [0.15, 0.2) is 0 Å². The van der Waals surface area contributed by atoms with Crippen LogP contribution in [0.5, 0.6) is 0 Å². The summed E-state index contributed by atoms with van der Waals surface area (Å²) < 4.78 is 5.82. The summed E-state index contributed by atoms with van der Waals surface area (Å²) in [6, 6.07) is 18.0. The van der Waals surface area contributed by atoms with Crippen LogP contribution in [-0.4, -0.2) is 61.4 Å². The number of nitrogens with one attached hydrogen (secondary N) is 2. The van der Waals surface area contributed by atoms with E-state index in [0.717, 1.165) is 56.8 Å². The Hall–Kier alpha value is -3.18. The minimum Gasteiger partial charge on any atom is -0.382 e. The Morgan fingerprint density at radius 1 is 1.24 bits per heavy atom. The van der Waals surface area contributed by atoms with Crippen molar-refractivity contribution in [3.63, 3.8) is 0 Å². The summed E-state index contributed by atoms with van der Waals surface area (Å²) in [4.78, 5) is 9.62. The van der Waals surface area contributed by atoms with Crippen molar-refractivity contribution < 1.29 is 4.74 Å². The maximum atomic E-state index is 9.52. The van der Waals surface area contributed by atoms with Crippen molar-refractivity contribution in [2.45, 2.75) is 31.7 Å². The quantitative estimate of drug-likeness (QED) is 0.627. The number of nitriles is 1. The van der Waals surface area contributed by atoms with Gasteiger partial charge < -0.3 is 20.3 Å². The zero-order valence-corrected chi connectivity index (χ0v) is 19.5. The highest BCUT2D eigenvalue weighted by molar-refractivity contribution is 5.95. The Morgan fingerprint density at radius 2 is 2.18 bits per heavy atom. The molecule has 3 aliphatic rings. The number of ether oxygens (including phenoxy) is 1. The van der Waals surface area contributed by atoms with E-state index in [-0.39, 0.29) is 6.10 Å². The second kappa shape index (κ2) is 8.88. The molecule has 4 heterocycles. The molecule has 0 amide bonds. The Kier molecular flexibility index (Phi) is 5.58. The third-order valence-electron chi connectivity index (χ3n) is 7.45. The Labute approximate surface area is 200 Å². The predicted molar refractivity (Wildman–Crippen MR) is 134 cm³/mol. The smallest absolute Gasteiger partial charge is 0.101 e. The molecule has 174 valence electrons. The molecular formula is C27H30N6O. The molecule has 1 unspecified atom stereocenters. The number of aromatic nitrogens is 1. The lowest BCUT2D eigenvalue weighted by molar-refractivity contribution is 0.0372. The van der Waals surface area contributed by atoms with Gasteiger partial charge in [0.2, 0.25) is 0 Å².